The molecule has 1 aromatic rings. The lowest BCUT2D eigenvalue weighted by atomic mass is 9.78. The molecule has 1 aliphatic carbocycles. The van der Waals surface area contributed by atoms with Crippen LogP contribution in [0.2, 0.25) is 5.02 Å². The average molecular weight is 224 g/mol. The molecule has 1 atom stereocenters. The minimum absolute atomic E-state index is 0.333. The Morgan fingerprint density at radius 1 is 1.47 bits per heavy atom. The maximum Gasteiger partial charge on any atom is 0.0435 e. The molecule has 1 aliphatic rings. The van der Waals surface area contributed by atoms with Gasteiger partial charge in [-0.3, -0.25) is 0 Å². The van der Waals surface area contributed by atoms with E-state index >= 15 is 0 Å². The maximum absolute atomic E-state index is 6.17. The summed E-state index contributed by atoms with van der Waals surface area (Å²) in [5, 5.41) is 0.843. The first-order valence-electron chi connectivity index (χ1n) is 5.67. The van der Waals surface area contributed by atoms with Crippen LogP contribution in [0.1, 0.15) is 30.4 Å². The smallest absolute Gasteiger partial charge is 0.0435 e. The monoisotopic (exact) mass is 223 g/mol. The van der Waals surface area contributed by atoms with Gasteiger partial charge in [-0.1, -0.05) is 30.2 Å². The zero-order valence-electron chi connectivity index (χ0n) is 9.17. The van der Waals surface area contributed by atoms with Gasteiger partial charge in [0.15, 0.2) is 0 Å². The van der Waals surface area contributed by atoms with Crippen molar-refractivity contribution in [2.45, 2.75) is 38.6 Å². The Morgan fingerprint density at radius 2 is 2.20 bits per heavy atom. The number of rotatable bonds is 3. The molecule has 2 rings (SSSR count). The van der Waals surface area contributed by atoms with Crippen LogP contribution in [0.3, 0.4) is 0 Å². The van der Waals surface area contributed by atoms with E-state index in [1.165, 1.54) is 24.8 Å². The Labute approximate surface area is 96.6 Å². The van der Waals surface area contributed by atoms with Crippen molar-refractivity contribution in [2.24, 2.45) is 11.7 Å². The predicted molar refractivity (Wildman–Crippen MR) is 65.2 cm³/mol. The molecule has 1 nitrogen and oxygen atoms in total. The van der Waals surface area contributed by atoms with E-state index in [4.69, 9.17) is 17.3 Å². The summed E-state index contributed by atoms with van der Waals surface area (Å²) in [5.41, 5.74) is 8.63. The molecule has 0 aromatic heterocycles. The van der Waals surface area contributed by atoms with Gasteiger partial charge in [-0.15, -0.1) is 0 Å². The summed E-state index contributed by atoms with van der Waals surface area (Å²) in [6.45, 7) is 2.04. The molecular weight excluding hydrogens is 206 g/mol. The lowest BCUT2D eigenvalue weighted by molar-refractivity contribution is 0.260. The predicted octanol–water partition coefficient (Wildman–Crippen LogP) is 3.32. The molecule has 0 amide bonds. The van der Waals surface area contributed by atoms with Gasteiger partial charge in [0.2, 0.25) is 0 Å². The molecule has 0 bridgehead atoms. The number of halogens is 1. The van der Waals surface area contributed by atoms with E-state index < -0.39 is 0 Å². The summed E-state index contributed by atoms with van der Waals surface area (Å²) in [7, 11) is 0. The molecule has 82 valence electrons. The first kappa shape index (κ1) is 11.0. The largest absolute Gasteiger partial charge is 0.327 e. The standard InChI is InChI=1S/C13H18ClN/c1-9-7-10(5-6-12(9)14)8-13(15)11-3-2-4-11/h5-7,11,13H,2-4,8,15H2,1H3. The molecule has 1 aromatic carbocycles. The van der Waals surface area contributed by atoms with E-state index in [2.05, 4.69) is 12.1 Å². The molecular formula is C13H18ClN. The van der Waals surface area contributed by atoms with Crippen LogP contribution in [-0.4, -0.2) is 6.04 Å². The van der Waals surface area contributed by atoms with Crippen LogP contribution in [-0.2, 0) is 6.42 Å². The fourth-order valence-corrected chi connectivity index (χ4v) is 2.26. The van der Waals surface area contributed by atoms with E-state index in [9.17, 15) is 0 Å². The SMILES string of the molecule is Cc1cc(CC(N)C2CCC2)ccc1Cl. The van der Waals surface area contributed by atoms with Crippen LogP contribution in [0.5, 0.6) is 0 Å². The first-order valence-corrected chi connectivity index (χ1v) is 6.05. The summed E-state index contributed by atoms with van der Waals surface area (Å²) in [4.78, 5) is 0. The Kier molecular flexibility index (Phi) is 3.32. The lowest BCUT2D eigenvalue weighted by Gasteiger charge is -2.31. The Bertz CT molecular complexity index is 344. The van der Waals surface area contributed by atoms with Crippen molar-refractivity contribution in [1.82, 2.24) is 0 Å². The van der Waals surface area contributed by atoms with Crippen molar-refractivity contribution in [2.75, 3.05) is 0 Å². The highest BCUT2D eigenvalue weighted by atomic mass is 35.5. The van der Waals surface area contributed by atoms with Gasteiger partial charge in [-0.25, -0.2) is 0 Å². The zero-order chi connectivity index (χ0) is 10.8. The highest BCUT2D eigenvalue weighted by Crippen LogP contribution is 2.30. The number of hydrogen-bond donors (Lipinski definition) is 1. The third kappa shape index (κ3) is 2.53. The summed E-state index contributed by atoms with van der Waals surface area (Å²) in [5.74, 6) is 0.751. The fraction of sp³-hybridized carbons (Fsp3) is 0.538. The van der Waals surface area contributed by atoms with Crippen LogP contribution in [0.4, 0.5) is 0 Å². The van der Waals surface area contributed by atoms with Crippen molar-refractivity contribution < 1.29 is 0 Å². The molecule has 0 heterocycles. The Morgan fingerprint density at radius 3 is 2.73 bits per heavy atom. The number of nitrogens with two attached hydrogens (primary N) is 1. The second kappa shape index (κ2) is 4.54. The normalized spacial score (nSPS) is 18.6. The second-order valence-electron chi connectivity index (χ2n) is 4.64. The van der Waals surface area contributed by atoms with Crippen LogP contribution in [0.25, 0.3) is 0 Å². The van der Waals surface area contributed by atoms with Crippen molar-refractivity contribution in [3.8, 4) is 0 Å². The number of aryl methyl sites for hydroxylation is 1. The third-order valence-corrected chi connectivity index (χ3v) is 3.87. The van der Waals surface area contributed by atoms with Gasteiger partial charge in [0.25, 0.3) is 0 Å². The Hall–Kier alpha value is -0.530. The van der Waals surface area contributed by atoms with Crippen molar-refractivity contribution in [3.05, 3.63) is 34.3 Å². The van der Waals surface area contributed by atoms with Crippen LogP contribution in [0, 0.1) is 12.8 Å². The summed E-state index contributed by atoms with van der Waals surface area (Å²) >= 11 is 5.99. The highest BCUT2D eigenvalue weighted by molar-refractivity contribution is 6.31. The van der Waals surface area contributed by atoms with Crippen molar-refractivity contribution in [3.63, 3.8) is 0 Å². The summed E-state index contributed by atoms with van der Waals surface area (Å²) < 4.78 is 0. The zero-order valence-corrected chi connectivity index (χ0v) is 9.93. The average Bonchev–Trinajstić information content (AvgIpc) is 2.08. The summed E-state index contributed by atoms with van der Waals surface area (Å²) in [6.07, 6.45) is 4.97. The van der Waals surface area contributed by atoms with E-state index in [0.717, 1.165) is 22.9 Å². The van der Waals surface area contributed by atoms with Gasteiger partial charge >= 0.3 is 0 Å². The lowest BCUT2D eigenvalue weighted by Crippen LogP contribution is -2.36. The van der Waals surface area contributed by atoms with E-state index in [1.54, 1.807) is 0 Å². The van der Waals surface area contributed by atoms with Gasteiger partial charge in [-0.05, 0) is 49.3 Å². The summed E-state index contributed by atoms with van der Waals surface area (Å²) in [6, 6.07) is 6.55. The Balaban J connectivity index is 2.00. The second-order valence-corrected chi connectivity index (χ2v) is 5.05. The van der Waals surface area contributed by atoms with Gasteiger partial charge in [0, 0.05) is 11.1 Å². The minimum Gasteiger partial charge on any atom is -0.327 e. The van der Waals surface area contributed by atoms with Crippen molar-refractivity contribution >= 4 is 11.6 Å². The molecule has 15 heavy (non-hydrogen) atoms. The topological polar surface area (TPSA) is 26.0 Å². The van der Waals surface area contributed by atoms with Gasteiger partial charge in [-0.2, -0.15) is 0 Å². The van der Waals surface area contributed by atoms with E-state index in [0.29, 0.717) is 6.04 Å². The first-order chi connectivity index (χ1) is 7.16. The highest BCUT2D eigenvalue weighted by Gasteiger charge is 2.24. The van der Waals surface area contributed by atoms with E-state index in [-0.39, 0.29) is 0 Å². The molecule has 1 fully saturated rings. The van der Waals surface area contributed by atoms with Crippen LogP contribution in [0.15, 0.2) is 18.2 Å². The molecule has 1 unspecified atom stereocenters. The van der Waals surface area contributed by atoms with Crippen molar-refractivity contribution in [1.29, 1.82) is 0 Å². The number of hydrogen-bond acceptors (Lipinski definition) is 1. The maximum atomic E-state index is 6.17. The molecule has 0 saturated heterocycles. The van der Waals surface area contributed by atoms with Crippen LogP contribution < -0.4 is 5.73 Å². The van der Waals surface area contributed by atoms with Gasteiger partial charge in [0.1, 0.15) is 0 Å². The molecule has 0 aliphatic heterocycles. The van der Waals surface area contributed by atoms with Crippen LogP contribution >= 0.6 is 11.6 Å². The molecule has 0 radical (unpaired) electrons. The van der Waals surface area contributed by atoms with E-state index in [1.807, 2.05) is 13.0 Å². The molecule has 0 spiro atoms. The van der Waals surface area contributed by atoms with Gasteiger partial charge < -0.3 is 5.73 Å². The molecule has 2 heteroatoms. The quantitative estimate of drug-likeness (QED) is 0.836. The van der Waals surface area contributed by atoms with Gasteiger partial charge in [0.05, 0.1) is 0 Å². The number of benzene rings is 1. The molecule has 2 N–H and O–H groups in total. The minimum atomic E-state index is 0.333. The fourth-order valence-electron chi connectivity index (χ4n) is 2.14. The molecule has 1 saturated carbocycles. The third-order valence-electron chi connectivity index (χ3n) is 3.45.